The monoisotopic (exact) mass is 316 g/mol. The Bertz CT molecular complexity index is 402. The normalized spacial score (nSPS) is 16.2. The zero-order valence-corrected chi connectivity index (χ0v) is 11.9. The Morgan fingerprint density at radius 1 is 0.938 bits per heavy atom. The maximum Gasteiger partial charge on any atom is 0.155 e. The highest BCUT2D eigenvalue weighted by molar-refractivity contribution is 8.00. The van der Waals surface area contributed by atoms with Crippen molar-refractivity contribution in [3.63, 3.8) is 0 Å². The average molecular weight is 318 g/mol. The second-order valence-corrected chi connectivity index (χ2v) is 6.43. The van der Waals surface area contributed by atoms with Crippen molar-refractivity contribution in [2.45, 2.75) is 29.4 Å². The summed E-state index contributed by atoms with van der Waals surface area (Å²) in [6.45, 7) is 0. The number of hydrogen-bond acceptors (Lipinski definition) is 2. The van der Waals surface area contributed by atoms with Gasteiger partial charge in [-0.05, 0) is 12.8 Å². The third-order valence-corrected chi connectivity index (χ3v) is 5.89. The molecular weight excluding hydrogens is 310 g/mol. The lowest BCUT2D eigenvalue weighted by Gasteiger charge is -2.25. The van der Waals surface area contributed by atoms with E-state index in [1.807, 2.05) is 0 Å². The van der Waals surface area contributed by atoms with Crippen LogP contribution in [-0.2, 0) is 0 Å². The summed E-state index contributed by atoms with van der Waals surface area (Å²) in [6, 6.07) is 0. The SMILES string of the molecule is Oc1c(Cl)c(Cl)c(SC2CCC2)c(Cl)c1Cl. The Hall–Kier alpha value is 0.530. The molecule has 0 aliphatic heterocycles. The molecule has 1 aliphatic rings. The van der Waals surface area contributed by atoms with E-state index in [2.05, 4.69) is 0 Å². The number of thioether (sulfide) groups is 1. The molecule has 1 aliphatic carbocycles. The molecule has 1 saturated carbocycles. The fourth-order valence-corrected chi connectivity index (χ4v) is 3.89. The summed E-state index contributed by atoms with van der Waals surface area (Å²) < 4.78 is 0. The maximum atomic E-state index is 9.56. The smallest absolute Gasteiger partial charge is 0.155 e. The number of phenols is 1. The van der Waals surface area contributed by atoms with Gasteiger partial charge in [-0.1, -0.05) is 52.8 Å². The molecule has 6 heteroatoms. The van der Waals surface area contributed by atoms with Crippen molar-refractivity contribution >= 4 is 58.2 Å². The minimum Gasteiger partial charge on any atom is -0.505 e. The van der Waals surface area contributed by atoms with Crippen LogP contribution in [-0.4, -0.2) is 10.4 Å². The predicted octanol–water partition coefficient (Wildman–Crippen LogP) is 5.65. The van der Waals surface area contributed by atoms with E-state index in [9.17, 15) is 5.11 Å². The zero-order valence-electron chi connectivity index (χ0n) is 8.07. The molecule has 0 saturated heterocycles. The largest absolute Gasteiger partial charge is 0.505 e. The van der Waals surface area contributed by atoms with Crippen LogP contribution in [0.15, 0.2) is 4.90 Å². The van der Waals surface area contributed by atoms with Crippen molar-refractivity contribution < 1.29 is 5.11 Å². The molecule has 1 N–H and O–H groups in total. The van der Waals surface area contributed by atoms with E-state index in [0.717, 1.165) is 12.8 Å². The first-order chi connectivity index (χ1) is 7.52. The molecule has 1 aromatic rings. The van der Waals surface area contributed by atoms with Gasteiger partial charge in [-0.3, -0.25) is 0 Å². The van der Waals surface area contributed by atoms with Crippen LogP contribution in [0.5, 0.6) is 5.75 Å². The second-order valence-electron chi connectivity index (χ2n) is 3.60. The number of rotatable bonds is 2. The summed E-state index contributed by atoms with van der Waals surface area (Å²) >= 11 is 25.4. The third kappa shape index (κ3) is 2.23. The molecule has 16 heavy (non-hydrogen) atoms. The van der Waals surface area contributed by atoms with Gasteiger partial charge in [0.15, 0.2) is 5.75 Å². The lowest BCUT2D eigenvalue weighted by molar-refractivity contribution is 0.475. The highest BCUT2D eigenvalue weighted by atomic mass is 35.5. The fraction of sp³-hybridized carbons (Fsp3) is 0.400. The Morgan fingerprint density at radius 3 is 1.81 bits per heavy atom. The Morgan fingerprint density at radius 2 is 1.44 bits per heavy atom. The van der Waals surface area contributed by atoms with E-state index in [1.165, 1.54) is 6.42 Å². The zero-order chi connectivity index (χ0) is 11.9. The molecule has 1 nitrogen and oxygen atoms in total. The topological polar surface area (TPSA) is 20.2 Å². The number of benzene rings is 1. The van der Waals surface area contributed by atoms with Gasteiger partial charge in [-0.25, -0.2) is 0 Å². The molecule has 2 rings (SSSR count). The quantitative estimate of drug-likeness (QED) is 0.711. The van der Waals surface area contributed by atoms with E-state index in [1.54, 1.807) is 11.8 Å². The van der Waals surface area contributed by atoms with Crippen LogP contribution in [0.4, 0.5) is 0 Å². The first-order valence-electron chi connectivity index (χ1n) is 4.74. The van der Waals surface area contributed by atoms with Gasteiger partial charge >= 0.3 is 0 Å². The summed E-state index contributed by atoms with van der Waals surface area (Å²) in [4.78, 5) is 0.667. The molecule has 0 amide bonds. The van der Waals surface area contributed by atoms with Crippen LogP contribution in [0.2, 0.25) is 20.1 Å². The van der Waals surface area contributed by atoms with Crippen LogP contribution in [0.25, 0.3) is 0 Å². The second kappa shape index (κ2) is 5.03. The van der Waals surface area contributed by atoms with Gasteiger partial charge in [0, 0.05) is 10.1 Å². The van der Waals surface area contributed by atoms with Gasteiger partial charge in [-0.2, -0.15) is 0 Å². The predicted molar refractivity (Wildman–Crippen MR) is 71.6 cm³/mol. The van der Waals surface area contributed by atoms with Crippen molar-refractivity contribution in [3.8, 4) is 5.75 Å². The lowest BCUT2D eigenvalue weighted by Crippen LogP contribution is -2.12. The van der Waals surface area contributed by atoms with Crippen molar-refractivity contribution in [1.29, 1.82) is 0 Å². The van der Waals surface area contributed by atoms with Crippen molar-refractivity contribution in [3.05, 3.63) is 20.1 Å². The molecule has 0 radical (unpaired) electrons. The molecule has 0 unspecified atom stereocenters. The molecule has 88 valence electrons. The molecule has 1 fully saturated rings. The Labute approximate surface area is 118 Å². The molecule has 0 atom stereocenters. The lowest BCUT2D eigenvalue weighted by atomic mass is 10.0. The summed E-state index contributed by atoms with van der Waals surface area (Å²) in [7, 11) is 0. The molecule has 1 aromatic carbocycles. The number of halogens is 4. The van der Waals surface area contributed by atoms with Gasteiger partial charge in [0.25, 0.3) is 0 Å². The number of hydrogen-bond donors (Lipinski definition) is 1. The summed E-state index contributed by atoms with van der Waals surface area (Å²) in [6.07, 6.45) is 3.52. The summed E-state index contributed by atoms with van der Waals surface area (Å²) in [5.41, 5.74) is 0. The van der Waals surface area contributed by atoms with E-state index in [0.29, 0.717) is 10.1 Å². The third-order valence-electron chi connectivity index (χ3n) is 2.54. The molecule has 0 bridgehead atoms. The Kier molecular flexibility index (Phi) is 4.08. The molecule has 0 aromatic heterocycles. The van der Waals surface area contributed by atoms with Gasteiger partial charge in [0.05, 0.1) is 10.0 Å². The van der Waals surface area contributed by atoms with Crippen molar-refractivity contribution in [2.24, 2.45) is 0 Å². The van der Waals surface area contributed by atoms with E-state index >= 15 is 0 Å². The van der Waals surface area contributed by atoms with E-state index in [4.69, 9.17) is 46.4 Å². The van der Waals surface area contributed by atoms with Crippen LogP contribution in [0, 0.1) is 0 Å². The van der Waals surface area contributed by atoms with Crippen LogP contribution in [0.1, 0.15) is 19.3 Å². The number of phenolic OH excluding ortho intramolecular Hbond substituents is 1. The molecule has 0 spiro atoms. The summed E-state index contributed by atoms with van der Waals surface area (Å²) in [5, 5.41) is 10.8. The minimum atomic E-state index is -0.253. The van der Waals surface area contributed by atoms with Gasteiger partial charge in [0.1, 0.15) is 10.0 Å². The van der Waals surface area contributed by atoms with Crippen molar-refractivity contribution in [2.75, 3.05) is 0 Å². The molecular formula is C10H8Cl4OS. The Balaban J connectivity index is 2.42. The maximum absolute atomic E-state index is 9.56. The number of aromatic hydroxyl groups is 1. The van der Waals surface area contributed by atoms with E-state index < -0.39 is 0 Å². The summed E-state index contributed by atoms with van der Waals surface area (Å²) in [5.74, 6) is -0.253. The standard InChI is InChI=1S/C10H8Cl4OS/c11-5-7(13)10(16-4-2-1-3-4)8(14)6(12)9(5)15/h4,15H,1-3H2. The first kappa shape index (κ1) is 13.0. The van der Waals surface area contributed by atoms with Crippen LogP contribution in [0.3, 0.4) is 0 Å². The van der Waals surface area contributed by atoms with Gasteiger partial charge in [0.2, 0.25) is 0 Å². The van der Waals surface area contributed by atoms with Crippen molar-refractivity contribution in [1.82, 2.24) is 0 Å². The molecule has 0 heterocycles. The van der Waals surface area contributed by atoms with Crippen LogP contribution < -0.4 is 0 Å². The highest BCUT2D eigenvalue weighted by Crippen LogP contribution is 2.51. The minimum absolute atomic E-state index is 0.0675. The highest BCUT2D eigenvalue weighted by Gasteiger charge is 2.25. The fourth-order valence-electron chi connectivity index (χ4n) is 1.36. The first-order valence-corrected chi connectivity index (χ1v) is 7.13. The van der Waals surface area contributed by atoms with Gasteiger partial charge < -0.3 is 5.11 Å². The van der Waals surface area contributed by atoms with Crippen LogP contribution >= 0.6 is 58.2 Å². The average Bonchev–Trinajstić information content (AvgIpc) is 2.21. The van der Waals surface area contributed by atoms with Gasteiger partial charge in [-0.15, -0.1) is 11.8 Å². The van der Waals surface area contributed by atoms with E-state index in [-0.39, 0.29) is 25.8 Å².